The highest BCUT2D eigenvalue weighted by Gasteiger charge is 2.20. The van der Waals surface area contributed by atoms with E-state index in [1.165, 1.54) is 5.39 Å². The maximum absolute atomic E-state index is 12.6. The number of rotatable bonds is 5. The van der Waals surface area contributed by atoms with Crippen molar-refractivity contribution >= 4 is 34.2 Å². The number of hydrogen-bond acceptors (Lipinski definition) is 2. The number of pyridine rings is 1. The number of nitrogens with zero attached hydrogens (tertiary/aromatic N) is 2. The van der Waals surface area contributed by atoms with Crippen LogP contribution in [0.3, 0.4) is 0 Å². The van der Waals surface area contributed by atoms with E-state index < -0.39 is 0 Å². The number of fused-ring (bicyclic) bond motifs is 1. The monoisotopic (exact) mass is 418 g/mol. The summed E-state index contributed by atoms with van der Waals surface area (Å²) in [5.41, 5.74) is 4.98. The molecule has 0 saturated heterocycles. The van der Waals surface area contributed by atoms with E-state index in [0.29, 0.717) is 17.3 Å². The molecule has 2 amide bonds. The van der Waals surface area contributed by atoms with Crippen LogP contribution in [0, 0.1) is 6.92 Å². The van der Waals surface area contributed by atoms with Crippen LogP contribution >= 0.6 is 11.6 Å². The third kappa shape index (κ3) is 4.16. The molecular weight excluding hydrogens is 396 g/mol. The van der Waals surface area contributed by atoms with E-state index in [1.807, 2.05) is 56.6 Å². The van der Waals surface area contributed by atoms with E-state index >= 15 is 0 Å². The Balaban J connectivity index is 1.58. The van der Waals surface area contributed by atoms with Gasteiger partial charge < -0.3 is 15.2 Å². The van der Waals surface area contributed by atoms with Gasteiger partial charge in [0.05, 0.1) is 0 Å². The number of aryl methyl sites for hydroxylation is 2. The van der Waals surface area contributed by atoms with Crippen LogP contribution in [0.25, 0.3) is 10.9 Å². The molecule has 2 aromatic carbocycles. The molecule has 0 fully saturated rings. The zero-order valence-electron chi connectivity index (χ0n) is 16.9. The van der Waals surface area contributed by atoms with Gasteiger partial charge in [-0.1, -0.05) is 41.9 Å². The van der Waals surface area contributed by atoms with Gasteiger partial charge in [-0.25, -0.2) is 4.79 Å². The molecule has 2 aromatic heterocycles. The Labute approximate surface area is 180 Å². The zero-order valence-corrected chi connectivity index (χ0v) is 17.6. The quantitative estimate of drug-likeness (QED) is 0.450. The van der Waals surface area contributed by atoms with Gasteiger partial charge in [-0.3, -0.25) is 4.98 Å². The van der Waals surface area contributed by atoms with Crippen LogP contribution in [0.5, 0.6) is 0 Å². The molecule has 4 rings (SSSR count). The van der Waals surface area contributed by atoms with Crippen LogP contribution in [0.4, 0.5) is 10.5 Å². The molecule has 1 atom stereocenters. The number of anilines is 1. The average Bonchev–Trinajstić information content (AvgIpc) is 3.08. The number of urea groups is 1. The SMILES string of the molecule is Cc1ccc(NC(=O)NC[C@@H](c2cccnc2)c2cn(C)c3ccccc23)cc1Cl. The summed E-state index contributed by atoms with van der Waals surface area (Å²) >= 11 is 6.16. The molecule has 0 aliphatic rings. The second-order valence-electron chi connectivity index (χ2n) is 7.35. The largest absolute Gasteiger partial charge is 0.350 e. The second kappa shape index (κ2) is 8.59. The number of para-hydroxylation sites is 1. The maximum atomic E-state index is 12.6. The van der Waals surface area contributed by atoms with Crippen LogP contribution in [-0.2, 0) is 7.05 Å². The van der Waals surface area contributed by atoms with Crippen LogP contribution in [0.15, 0.2) is 73.2 Å². The van der Waals surface area contributed by atoms with Gasteiger partial charge in [0.25, 0.3) is 0 Å². The lowest BCUT2D eigenvalue weighted by atomic mass is 9.92. The van der Waals surface area contributed by atoms with E-state index in [9.17, 15) is 4.79 Å². The summed E-state index contributed by atoms with van der Waals surface area (Å²) in [6.07, 6.45) is 5.73. The Kier molecular flexibility index (Phi) is 5.72. The van der Waals surface area contributed by atoms with E-state index in [0.717, 1.165) is 22.2 Å². The lowest BCUT2D eigenvalue weighted by Crippen LogP contribution is -2.32. The van der Waals surface area contributed by atoms with E-state index in [-0.39, 0.29) is 11.9 Å². The van der Waals surface area contributed by atoms with Crippen LogP contribution in [-0.4, -0.2) is 22.1 Å². The molecule has 4 aromatic rings. The van der Waals surface area contributed by atoms with Crippen molar-refractivity contribution in [1.29, 1.82) is 0 Å². The normalized spacial score (nSPS) is 12.0. The zero-order chi connectivity index (χ0) is 21.1. The lowest BCUT2D eigenvalue weighted by Gasteiger charge is -2.18. The highest BCUT2D eigenvalue weighted by molar-refractivity contribution is 6.31. The highest BCUT2D eigenvalue weighted by Crippen LogP contribution is 2.31. The summed E-state index contributed by atoms with van der Waals surface area (Å²) in [4.78, 5) is 16.8. The third-order valence-electron chi connectivity index (χ3n) is 5.29. The molecule has 5 nitrogen and oxygen atoms in total. The molecule has 152 valence electrons. The van der Waals surface area contributed by atoms with Crippen LogP contribution in [0.2, 0.25) is 5.02 Å². The van der Waals surface area contributed by atoms with Gasteiger partial charge in [0.1, 0.15) is 0 Å². The summed E-state index contributed by atoms with van der Waals surface area (Å²) < 4.78 is 2.11. The average molecular weight is 419 g/mol. The Morgan fingerprint density at radius 1 is 1.17 bits per heavy atom. The first kappa shape index (κ1) is 20.0. The van der Waals surface area contributed by atoms with Crippen LogP contribution < -0.4 is 10.6 Å². The molecule has 0 aliphatic carbocycles. The van der Waals surface area contributed by atoms with Gasteiger partial charge in [-0.15, -0.1) is 0 Å². The van der Waals surface area contributed by atoms with Crippen molar-refractivity contribution in [3.8, 4) is 0 Å². The standard InChI is InChI=1S/C24H23ClN4O/c1-16-9-10-18(12-22(16)25)28-24(30)27-14-20(17-6-5-11-26-13-17)21-15-29(2)23-8-4-3-7-19(21)23/h3-13,15,20H,14H2,1-2H3,(H2,27,28,30)/t20-/m0/s1. The van der Waals surface area contributed by atoms with Crippen molar-refractivity contribution in [2.24, 2.45) is 7.05 Å². The molecule has 0 radical (unpaired) electrons. The second-order valence-corrected chi connectivity index (χ2v) is 7.76. The van der Waals surface area contributed by atoms with Gasteiger partial charge in [-0.05, 0) is 47.9 Å². The Morgan fingerprint density at radius 2 is 2.00 bits per heavy atom. The van der Waals surface area contributed by atoms with Gasteiger partial charge in [0.15, 0.2) is 0 Å². The van der Waals surface area contributed by atoms with Gasteiger partial charge in [0.2, 0.25) is 0 Å². The van der Waals surface area contributed by atoms with E-state index in [4.69, 9.17) is 11.6 Å². The fourth-order valence-corrected chi connectivity index (χ4v) is 3.86. The predicted octanol–water partition coefficient (Wildman–Crippen LogP) is 5.49. The third-order valence-corrected chi connectivity index (χ3v) is 5.69. The number of carbonyl (C=O) groups is 1. The number of nitrogens with one attached hydrogen (secondary N) is 2. The molecule has 0 aliphatic heterocycles. The van der Waals surface area contributed by atoms with Gasteiger partial charge in [0, 0.05) is 59.7 Å². The molecule has 0 spiro atoms. The molecular formula is C24H23ClN4O. The van der Waals surface area contributed by atoms with Gasteiger partial charge >= 0.3 is 6.03 Å². The molecule has 0 unspecified atom stereocenters. The van der Waals surface area contributed by atoms with Crippen molar-refractivity contribution in [3.63, 3.8) is 0 Å². The first-order valence-corrected chi connectivity index (χ1v) is 10.2. The van der Waals surface area contributed by atoms with Gasteiger partial charge in [-0.2, -0.15) is 0 Å². The topological polar surface area (TPSA) is 59.0 Å². The number of aromatic nitrogens is 2. The Hall–Kier alpha value is -3.31. The minimum absolute atomic E-state index is 0.0304. The van der Waals surface area contributed by atoms with Crippen molar-refractivity contribution in [3.05, 3.63) is 94.9 Å². The molecule has 2 N–H and O–H groups in total. The summed E-state index contributed by atoms with van der Waals surface area (Å²) in [7, 11) is 2.04. The number of halogens is 1. The Morgan fingerprint density at radius 3 is 2.77 bits per heavy atom. The van der Waals surface area contributed by atoms with E-state index in [1.54, 1.807) is 12.3 Å². The molecule has 0 saturated carbocycles. The first-order valence-electron chi connectivity index (χ1n) is 9.78. The summed E-state index contributed by atoms with van der Waals surface area (Å²) in [6, 6.07) is 17.4. The van der Waals surface area contributed by atoms with Crippen molar-refractivity contribution < 1.29 is 4.79 Å². The van der Waals surface area contributed by atoms with Crippen molar-refractivity contribution in [2.75, 3.05) is 11.9 Å². The van der Waals surface area contributed by atoms with E-state index in [2.05, 4.69) is 38.5 Å². The number of hydrogen-bond donors (Lipinski definition) is 2. The first-order chi connectivity index (χ1) is 14.5. The molecule has 0 bridgehead atoms. The molecule has 6 heteroatoms. The van der Waals surface area contributed by atoms with Crippen LogP contribution in [0.1, 0.15) is 22.6 Å². The summed E-state index contributed by atoms with van der Waals surface area (Å²) in [5, 5.41) is 7.65. The fourth-order valence-electron chi connectivity index (χ4n) is 3.68. The lowest BCUT2D eigenvalue weighted by molar-refractivity contribution is 0.252. The Bertz CT molecular complexity index is 1190. The minimum Gasteiger partial charge on any atom is -0.350 e. The number of carbonyl (C=O) groups excluding carboxylic acids is 1. The maximum Gasteiger partial charge on any atom is 0.319 e. The molecule has 30 heavy (non-hydrogen) atoms. The minimum atomic E-state index is -0.274. The van der Waals surface area contributed by atoms with Crippen molar-refractivity contribution in [1.82, 2.24) is 14.9 Å². The summed E-state index contributed by atoms with van der Waals surface area (Å²) in [6.45, 7) is 2.36. The summed E-state index contributed by atoms with van der Waals surface area (Å²) in [5.74, 6) is -0.0304. The van der Waals surface area contributed by atoms with Crippen molar-refractivity contribution in [2.45, 2.75) is 12.8 Å². The predicted molar refractivity (Wildman–Crippen MR) is 122 cm³/mol. The number of amides is 2. The number of benzene rings is 2. The molecule has 2 heterocycles. The fraction of sp³-hybridized carbons (Fsp3) is 0.167. The highest BCUT2D eigenvalue weighted by atomic mass is 35.5. The smallest absolute Gasteiger partial charge is 0.319 e.